The van der Waals surface area contributed by atoms with Crippen LogP contribution in [0.3, 0.4) is 0 Å². The topological polar surface area (TPSA) is 102 Å². The maximum atomic E-state index is 12.9. The fourth-order valence-corrected chi connectivity index (χ4v) is 4.31. The van der Waals surface area contributed by atoms with Gasteiger partial charge in [0.2, 0.25) is 0 Å². The average Bonchev–Trinajstić information content (AvgIpc) is 2.77. The Morgan fingerprint density at radius 1 is 0.909 bits per heavy atom. The highest BCUT2D eigenvalue weighted by molar-refractivity contribution is 7.92. The van der Waals surface area contributed by atoms with Gasteiger partial charge in [0.25, 0.3) is 15.9 Å². The second kappa shape index (κ2) is 9.87. The maximum Gasteiger partial charge on any atom is 0.338 e. The van der Waals surface area contributed by atoms with Crippen LogP contribution in [0.5, 0.6) is 0 Å². The molecule has 0 saturated carbocycles. The first-order valence-corrected chi connectivity index (χ1v) is 11.9. The lowest BCUT2D eigenvalue weighted by molar-refractivity contribution is 0.0525. The molecule has 3 aromatic carbocycles. The van der Waals surface area contributed by atoms with Crippen LogP contribution in [0.1, 0.15) is 44.3 Å². The average molecular weight is 467 g/mol. The van der Waals surface area contributed by atoms with Gasteiger partial charge in [0, 0.05) is 11.3 Å². The van der Waals surface area contributed by atoms with Crippen molar-refractivity contribution in [3.05, 3.63) is 88.5 Å². The quantitative estimate of drug-likeness (QED) is 0.485. The summed E-state index contributed by atoms with van der Waals surface area (Å²) in [5.74, 6) is -0.899. The summed E-state index contributed by atoms with van der Waals surface area (Å²) in [6.45, 7) is 7.32. The minimum Gasteiger partial charge on any atom is -0.462 e. The van der Waals surface area contributed by atoms with Gasteiger partial charge in [-0.1, -0.05) is 29.8 Å². The van der Waals surface area contributed by atoms with Crippen LogP contribution in [0.4, 0.5) is 11.4 Å². The standard InChI is InChI=1S/C25H26N2O5S/c1-5-32-25(29)21-7-6-8-22(18(21)4)26-24(28)19-12-11-17(3)23(15-19)27-33(30,31)20-13-9-16(2)10-14-20/h6-15,27H,5H2,1-4H3,(H,26,28). The van der Waals surface area contributed by atoms with Crippen molar-refractivity contribution in [2.75, 3.05) is 16.6 Å². The number of ether oxygens (including phenoxy) is 1. The van der Waals surface area contributed by atoms with Crippen LogP contribution in [-0.2, 0) is 14.8 Å². The van der Waals surface area contributed by atoms with Gasteiger partial charge in [0.1, 0.15) is 0 Å². The summed E-state index contributed by atoms with van der Waals surface area (Å²) in [5.41, 5.74) is 3.60. The summed E-state index contributed by atoms with van der Waals surface area (Å²) < 4.78 is 33.2. The van der Waals surface area contributed by atoms with Crippen LogP contribution in [0.2, 0.25) is 0 Å². The van der Waals surface area contributed by atoms with Gasteiger partial charge < -0.3 is 10.1 Å². The summed E-state index contributed by atoms with van der Waals surface area (Å²) in [6.07, 6.45) is 0. The molecule has 2 N–H and O–H groups in total. The zero-order valence-electron chi connectivity index (χ0n) is 18.9. The van der Waals surface area contributed by atoms with Crippen molar-refractivity contribution in [3.63, 3.8) is 0 Å². The van der Waals surface area contributed by atoms with Crippen molar-refractivity contribution < 1.29 is 22.7 Å². The van der Waals surface area contributed by atoms with E-state index in [4.69, 9.17) is 4.74 Å². The Kier molecular flexibility index (Phi) is 7.18. The van der Waals surface area contributed by atoms with Gasteiger partial charge in [0.15, 0.2) is 0 Å². The molecule has 33 heavy (non-hydrogen) atoms. The lowest BCUT2D eigenvalue weighted by Crippen LogP contribution is -2.17. The van der Waals surface area contributed by atoms with Crippen molar-refractivity contribution >= 4 is 33.3 Å². The van der Waals surface area contributed by atoms with Crippen LogP contribution in [0.15, 0.2) is 65.6 Å². The van der Waals surface area contributed by atoms with Gasteiger partial charge in [-0.05, 0) is 75.2 Å². The molecule has 0 heterocycles. The molecule has 0 bridgehead atoms. The van der Waals surface area contributed by atoms with Gasteiger partial charge in [-0.25, -0.2) is 13.2 Å². The molecule has 3 aromatic rings. The molecule has 0 spiro atoms. The summed E-state index contributed by atoms with van der Waals surface area (Å²) in [5, 5.41) is 2.79. The molecule has 0 radical (unpaired) electrons. The summed E-state index contributed by atoms with van der Waals surface area (Å²) in [7, 11) is -3.81. The molecule has 3 rings (SSSR count). The number of anilines is 2. The monoisotopic (exact) mass is 466 g/mol. The van der Waals surface area contributed by atoms with Gasteiger partial charge >= 0.3 is 5.97 Å². The number of aryl methyl sites for hydroxylation is 2. The van der Waals surface area contributed by atoms with E-state index in [0.29, 0.717) is 28.1 Å². The van der Waals surface area contributed by atoms with E-state index in [1.54, 1.807) is 63.2 Å². The number of rotatable bonds is 7. The van der Waals surface area contributed by atoms with Crippen molar-refractivity contribution in [3.8, 4) is 0 Å². The SMILES string of the molecule is CCOC(=O)c1cccc(NC(=O)c2ccc(C)c(NS(=O)(=O)c3ccc(C)cc3)c2)c1C. The normalized spacial score (nSPS) is 11.0. The lowest BCUT2D eigenvalue weighted by Gasteiger charge is -2.14. The van der Waals surface area contributed by atoms with E-state index >= 15 is 0 Å². The number of hydrogen-bond acceptors (Lipinski definition) is 5. The maximum absolute atomic E-state index is 12.9. The number of esters is 1. The summed E-state index contributed by atoms with van der Waals surface area (Å²) in [6, 6.07) is 16.2. The van der Waals surface area contributed by atoms with E-state index in [0.717, 1.165) is 5.56 Å². The first kappa shape index (κ1) is 24.0. The third-order valence-electron chi connectivity index (χ3n) is 5.15. The van der Waals surface area contributed by atoms with Crippen LogP contribution in [0.25, 0.3) is 0 Å². The fourth-order valence-electron chi connectivity index (χ4n) is 3.19. The third kappa shape index (κ3) is 5.59. The molecule has 8 heteroatoms. The first-order chi connectivity index (χ1) is 15.6. The molecule has 1 amide bonds. The predicted molar refractivity (Wildman–Crippen MR) is 128 cm³/mol. The van der Waals surface area contributed by atoms with E-state index in [1.807, 2.05) is 6.92 Å². The van der Waals surface area contributed by atoms with Gasteiger partial charge in [0.05, 0.1) is 22.8 Å². The fraction of sp³-hybridized carbons (Fsp3) is 0.200. The molecule has 0 unspecified atom stereocenters. The Morgan fingerprint density at radius 3 is 2.27 bits per heavy atom. The Morgan fingerprint density at radius 2 is 1.61 bits per heavy atom. The molecule has 172 valence electrons. The second-order valence-electron chi connectivity index (χ2n) is 7.60. The van der Waals surface area contributed by atoms with Crippen LogP contribution >= 0.6 is 0 Å². The van der Waals surface area contributed by atoms with E-state index in [9.17, 15) is 18.0 Å². The summed E-state index contributed by atoms with van der Waals surface area (Å²) >= 11 is 0. The van der Waals surface area contributed by atoms with E-state index < -0.39 is 21.9 Å². The Hall–Kier alpha value is -3.65. The molecular formula is C25H26N2O5S. The van der Waals surface area contributed by atoms with Crippen molar-refractivity contribution in [2.45, 2.75) is 32.6 Å². The molecular weight excluding hydrogens is 440 g/mol. The zero-order valence-corrected chi connectivity index (χ0v) is 19.7. The molecule has 7 nitrogen and oxygen atoms in total. The third-order valence-corrected chi connectivity index (χ3v) is 6.53. The molecule has 0 fully saturated rings. The highest BCUT2D eigenvalue weighted by Crippen LogP contribution is 2.24. The van der Waals surface area contributed by atoms with Crippen molar-refractivity contribution in [2.24, 2.45) is 0 Å². The Balaban J connectivity index is 1.85. The smallest absolute Gasteiger partial charge is 0.338 e. The van der Waals surface area contributed by atoms with Gasteiger partial charge in [-0.2, -0.15) is 0 Å². The Bertz CT molecular complexity index is 1300. The number of nitrogens with one attached hydrogen (secondary N) is 2. The number of amides is 1. The van der Waals surface area contributed by atoms with Crippen molar-refractivity contribution in [1.82, 2.24) is 0 Å². The highest BCUT2D eigenvalue weighted by atomic mass is 32.2. The summed E-state index contributed by atoms with van der Waals surface area (Å²) in [4.78, 5) is 25.2. The van der Waals surface area contributed by atoms with Crippen LogP contribution in [-0.4, -0.2) is 26.9 Å². The number of benzene rings is 3. The van der Waals surface area contributed by atoms with E-state index in [-0.39, 0.29) is 17.1 Å². The number of carbonyl (C=O) groups excluding carboxylic acids is 2. The largest absolute Gasteiger partial charge is 0.462 e. The van der Waals surface area contributed by atoms with Gasteiger partial charge in [-0.3, -0.25) is 9.52 Å². The Labute approximate surface area is 193 Å². The van der Waals surface area contributed by atoms with Crippen LogP contribution in [0, 0.1) is 20.8 Å². The van der Waals surface area contributed by atoms with E-state index in [1.165, 1.54) is 18.2 Å². The second-order valence-corrected chi connectivity index (χ2v) is 9.28. The molecule has 0 aliphatic carbocycles. The predicted octanol–water partition coefficient (Wildman–Crippen LogP) is 4.84. The number of sulfonamides is 1. The van der Waals surface area contributed by atoms with Crippen molar-refractivity contribution in [1.29, 1.82) is 0 Å². The highest BCUT2D eigenvalue weighted by Gasteiger charge is 2.18. The minimum atomic E-state index is -3.81. The molecule has 0 aliphatic rings. The van der Waals surface area contributed by atoms with E-state index in [2.05, 4.69) is 10.0 Å². The van der Waals surface area contributed by atoms with Gasteiger partial charge in [-0.15, -0.1) is 0 Å². The number of hydrogen-bond donors (Lipinski definition) is 2. The number of carbonyl (C=O) groups is 2. The minimum absolute atomic E-state index is 0.133. The lowest BCUT2D eigenvalue weighted by atomic mass is 10.1. The molecule has 0 atom stereocenters. The molecule has 0 saturated heterocycles. The molecule has 0 aliphatic heterocycles. The van der Waals surface area contributed by atoms with Crippen LogP contribution < -0.4 is 10.0 Å². The zero-order chi connectivity index (χ0) is 24.2. The first-order valence-electron chi connectivity index (χ1n) is 10.4. The molecule has 0 aromatic heterocycles.